The number of amides is 1. The van der Waals surface area contributed by atoms with E-state index in [9.17, 15) is 4.79 Å². The molecule has 1 aliphatic rings. The summed E-state index contributed by atoms with van der Waals surface area (Å²) in [6.07, 6.45) is 0. The second kappa shape index (κ2) is 5.61. The SMILES string of the molecule is COc1ccc(C(=O)N2CCN(C)CC2)c(C)c1C. The van der Waals surface area contributed by atoms with Gasteiger partial charge in [-0.25, -0.2) is 0 Å². The van der Waals surface area contributed by atoms with Gasteiger partial charge in [0.25, 0.3) is 5.91 Å². The first-order chi connectivity index (χ1) is 9.04. The Morgan fingerprint density at radius 2 is 1.74 bits per heavy atom. The van der Waals surface area contributed by atoms with E-state index >= 15 is 0 Å². The number of rotatable bonds is 2. The molecular weight excluding hydrogens is 240 g/mol. The number of nitrogens with zero attached hydrogens (tertiary/aromatic N) is 2. The Balaban J connectivity index is 2.22. The van der Waals surface area contributed by atoms with Gasteiger partial charge in [0.1, 0.15) is 5.75 Å². The number of methoxy groups -OCH3 is 1. The molecule has 0 saturated carbocycles. The van der Waals surface area contributed by atoms with Gasteiger partial charge in [0.2, 0.25) is 0 Å². The van der Waals surface area contributed by atoms with E-state index < -0.39 is 0 Å². The number of ether oxygens (including phenoxy) is 1. The lowest BCUT2D eigenvalue weighted by Crippen LogP contribution is -2.47. The highest BCUT2D eigenvalue weighted by atomic mass is 16.5. The van der Waals surface area contributed by atoms with Crippen molar-refractivity contribution in [1.29, 1.82) is 0 Å². The number of piperazine rings is 1. The first-order valence-corrected chi connectivity index (χ1v) is 6.66. The molecule has 0 spiro atoms. The third kappa shape index (κ3) is 2.73. The number of hydrogen-bond acceptors (Lipinski definition) is 3. The smallest absolute Gasteiger partial charge is 0.254 e. The summed E-state index contributed by atoms with van der Waals surface area (Å²) in [6.45, 7) is 7.48. The van der Waals surface area contributed by atoms with Crippen molar-refractivity contribution >= 4 is 5.91 Å². The number of hydrogen-bond donors (Lipinski definition) is 0. The van der Waals surface area contributed by atoms with E-state index in [1.807, 2.05) is 30.9 Å². The summed E-state index contributed by atoms with van der Waals surface area (Å²) in [5.41, 5.74) is 2.86. The molecule has 1 aromatic rings. The van der Waals surface area contributed by atoms with Crippen LogP contribution in [0.4, 0.5) is 0 Å². The molecule has 0 aliphatic carbocycles. The van der Waals surface area contributed by atoms with Crippen LogP contribution in [0.25, 0.3) is 0 Å². The Labute approximate surface area is 115 Å². The minimum Gasteiger partial charge on any atom is -0.496 e. The quantitative estimate of drug-likeness (QED) is 0.813. The second-order valence-corrected chi connectivity index (χ2v) is 5.16. The lowest BCUT2D eigenvalue weighted by Gasteiger charge is -2.33. The molecule has 1 aliphatic heterocycles. The topological polar surface area (TPSA) is 32.8 Å². The van der Waals surface area contributed by atoms with Gasteiger partial charge >= 0.3 is 0 Å². The molecule has 1 fully saturated rings. The van der Waals surface area contributed by atoms with Crippen LogP contribution in [0.15, 0.2) is 12.1 Å². The van der Waals surface area contributed by atoms with Gasteiger partial charge in [-0.1, -0.05) is 0 Å². The van der Waals surface area contributed by atoms with Gasteiger partial charge in [0.05, 0.1) is 7.11 Å². The van der Waals surface area contributed by atoms with E-state index in [4.69, 9.17) is 4.74 Å². The summed E-state index contributed by atoms with van der Waals surface area (Å²) < 4.78 is 5.29. The molecule has 0 unspecified atom stereocenters. The van der Waals surface area contributed by atoms with Gasteiger partial charge in [-0.15, -0.1) is 0 Å². The molecule has 0 N–H and O–H groups in total. The molecule has 4 nitrogen and oxygen atoms in total. The molecular formula is C15H22N2O2. The maximum Gasteiger partial charge on any atom is 0.254 e. The van der Waals surface area contributed by atoms with E-state index in [0.29, 0.717) is 0 Å². The Bertz CT molecular complexity index is 477. The van der Waals surface area contributed by atoms with Crippen molar-refractivity contribution in [2.24, 2.45) is 0 Å². The predicted molar refractivity (Wildman–Crippen MR) is 75.9 cm³/mol. The van der Waals surface area contributed by atoms with Gasteiger partial charge in [-0.05, 0) is 44.2 Å². The lowest BCUT2D eigenvalue weighted by atomic mass is 10.0. The fourth-order valence-corrected chi connectivity index (χ4v) is 2.43. The Kier molecular flexibility index (Phi) is 4.10. The fraction of sp³-hybridized carbons (Fsp3) is 0.533. The number of carbonyl (C=O) groups excluding carboxylic acids is 1. The van der Waals surface area contributed by atoms with Crippen molar-refractivity contribution in [3.63, 3.8) is 0 Å². The third-order valence-corrected chi connectivity index (χ3v) is 3.98. The molecule has 4 heteroatoms. The molecule has 0 bridgehead atoms. The summed E-state index contributed by atoms with van der Waals surface area (Å²) in [4.78, 5) is 16.7. The average Bonchev–Trinajstić information content (AvgIpc) is 2.42. The van der Waals surface area contributed by atoms with E-state index in [2.05, 4.69) is 11.9 Å². The molecule has 0 aromatic heterocycles. The van der Waals surface area contributed by atoms with Crippen molar-refractivity contribution in [2.45, 2.75) is 13.8 Å². The highest BCUT2D eigenvalue weighted by Gasteiger charge is 2.22. The minimum absolute atomic E-state index is 0.136. The summed E-state index contributed by atoms with van der Waals surface area (Å²) in [5.74, 6) is 0.976. The zero-order valence-corrected chi connectivity index (χ0v) is 12.2. The summed E-state index contributed by atoms with van der Waals surface area (Å²) >= 11 is 0. The van der Waals surface area contributed by atoms with Crippen LogP contribution >= 0.6 is 0 Å². The zero-order valence-electron chi connectivity index (χ0n) is 12.2. The molecule has 1 saturated heterocycles. The molecule has 19 heavy (non-hydrogen) atoms. The first-order valence-electron chi connectivity index (χ1n) is 6.66. The van der Waals surface area contributed by atoms with Crippen LogP contribution in [-0.2, 0) is 0 Å². The van der Waals surface area contributed by atoms with Gasteiger partial charge < -0.3 is 14.5 Å². The molecule has 1 aromatic carbocycles. The van der Waals surface area contributed by atoms with Crippen LogP contribution in [0.1, 0.15) is 21.5 Å². The monoisotopic (exact) mass is 262 g/mol. The molecule has 1 heterocycles. The van der Waals surface area contributed by atoms with Crippen LogP contribution in [-0.4, -0.2) is 56.0 Å². The van der Waals surface area contributed by atoms with Crippen LogP contribution in [0.3, 0.4) is 0 Å². The fourth-order valence-electron chi connectivity index (χ4n) is 2.43. The zero-order chi connectivity index (χ0) is 14.0. The van der Waals surface area contributed by atoms with Crippen molar-refractivity contribution in [1.82, 2.24) is 9.80 Å². The normalized spacial score (nSPS) is 16.5. The number of likely N-dealkylation sites (N-methyl/N-ethyl adjacent to an activating group) is 1. The van der Waals surface area contributed by atoms with Gasteiger partial charge in [-0.3, -0.25) is 4.79 Å². The predicted octanol–water partition coefficient (Wildman–Crippen LogP) is 1.70. The average molecular weight is 262 g/mol. The van der Waals surface area contributed by atoms with Crippen LogP contribution in [0.5, 0.6) is 5.75 Å². The standard InChI is InChI=1S/C15H22N2O2/c1-11-12(2)14(19-4)6-5-13(11)15(18)17-9-7-16(3)8-10-17/h5-6H,7-10H2,1-4H3. The summed E-state index contributed by atoms with van der Waals surface area (Å²) in [6, 6.07) is 3.76. The Hall–Kier alpha value is -1.55. The van der Waals surface area contributed by atoms with Crippen LogP contribution in [0, 0.1) is 13.8 Å². The Morgan fingerprint density at radius 1 is 1.11 bits per heavy atom. The highest BCUT2D eigenvalue weighted by Crippen LogP contribution is 2.25. The van der Waals surface area contributed by atoms with Crippen LogP contribution < -0.4 is 4.74 Å². The molecule has 0 atom stereocenters. The Morgan fingerprint density at radius 3 is 2.32 bits per heavy atom. The number of carbonyl (C=O) groups is 1. The van der Waals surface area contributed by atoms with Gasteiger partial charge in [-0.2, -0.15) is 0 Å². The maximum absolute atomic E-state index is 12.5. The molecule has 0 radical (unpaired) electrons. The van der Waals surface area contributed by atoms with Crippen molar-refractivity contribution in [3.8, 4) is 5.75 Å². The van der Waals surface area contributed by atoms with E-state index in [1.54, 1.807) is 7.11 Å². The third-order valence-electron chi connectivity index (χ3n) is 3.98. The van der Waals surface area contributed by atoms with E-state index in [-0.39, 0.29) is 5.91 Å². The van der Waals surface area contributed by atoms with Crippen molar-refractivity contribution in [3.05, 3.63) is 28.8 Å². The number of benzene rings is 1. The molecule has 104 valence electrons. The van der Waals surface area contributed by atoms with Crippen molar-refractivity contribution < 1.29 is 9.53 Å². The first kappa shape index (κ1) is 13.9. The largest absolute Gasteiger partial charge is 0.496 e. The molecule has 1 amide bonds. The second-order valence-electron chi connectivity index (χ2n) is 5.16. The van der Waals surface area contributed by atoms with Crippen LogP contribution in [0.2, 0.25) is 0 Å². The van der Waals surface area contributed by atoms with Crippen molar-refractivity contribution in [2.75, 3.05) is 40.3 Å². The minimum atomic E-state index is 0.136. The summed E-state index contributed by atoms with van der Waals surface area (Å²) in [5, 5.41) is 0. The van der Waals surface area contributed by atoms with Gasteiger partial charge in [0, 0.05) is 31.7 Å². The summed E-state index contributed by atoms with van der Waals surface area (Å²) in [7, 11) is 3.74. The van der Waals surface area contributed by atoms with Gasteiger partial charge in [0.15, 0.2) is 0 Å². The van der Waals surface area contributed by atoms with E-state index in [0.717, 1.165) is 48.6 Å². The lowest BCUT2D eigenvalue weighted by molar-refractivity contribution is 0.0663. The highest BCUT2D eigenvalue weighted by molar-refractivity contribution is 5.96. The van der Waals surface area contributed by atoms with E-state index in [1.165, 1.54) is 0 Å². The molecule has 2 rings (SSSR count). The maximum atomic E-state index is 12.5.